The standard InChI is InChI=1S/C30H24NOS.C14H14N.Ir/c1-17(2)25-16-31-26(15-24(25)28-18(3)7-5-8-19(28)4)22-10-6-9-20-21-11-12-27-23(13-14-33-27)30(21)32-29(20)22;1-10-4-6-13(7-5-10)14-8-11(2)12(3)9-15-14;/h5-9,11-17H,1-4H3;4-6,8-9H,1-3H3;/q2*-1;/i17D;;. The van der Waals surface area contributed by atoms with E-state index >= 15 is 0 Å². The van der Waals surface area contributed by atoms with Crippen molar-refractivity contribution in [3.63, 3.8) is 0 Å². The van der Waals surface area contributed by atoms with E-state index in [0.717, 1.165) is 61.0 Å². The Morgan fingerprint density at radius 3 is 2.20 bits per heavy atom. The van der Waals surface area contributed by atoms with Gasteiger partial charge in [-0.3, -0.25) is 0 Å². The Hall–Kier alpha value is -4.41. The quantitative estimate of drug-likeness (QED) is 0.166. The molecule has 0 spiro atoms. The van der Waals surface area contributed by atoms with Gasteiger partial charge in [0.2, 0.25) is 0 Å². The number of benzene rings is 4. The van der Waals surface area contributed by atoms with Crippen LogP contribution in [0.2, 0.25) is 0 Å². The van der Waals surface area contributed by atoms with Gasteiger partial charge >= 0.3 is 0 Å². The van der Waals surface area contributed by atoms with Crippen LogP contribution in [0.25, 0.3) is 65.7 Å². The first kappa shape index (κ1) is 33.1. The molecule has 0 saturated heterocycles. The predicted molar refractivity (Wildman–Crippen MR) is 203 cm³/mol. The summed E-state index contributed by atoms with van der Waals surface area (Å²) in [6.07, 6.45) is 3.77. The fourth-order valence-electron chi connectivity index (χ4n) is 6.30. The molecule has 49 heavy (non-hydrogen) atoms. The van der Waals surface area contributed by atoms with Crippen LogP contribution in [0.4, 0.5) is 0 Å². The van der Waals surface area contributed by atoms with Crippen molar-refractivity contribution in [2.45, 2.75) is 54.4 Å². The van der Waals surface area contributed by atoms with E-state index in [-0.39, 0.29) is 20.1 Å². The van der Waals surface area contributed by atoms with Gasteiger partial charge in [-0.2, -0.15) is 0 Å². The van der Waals surface area contributed by atoms with Crippen LogP contribution in [0, 0.1) is 46.8 Å². The fraction of sp³-hybridized carbons (Fsp3) is 0.182. The Bertz CT molecular complexity index is 2470. The van der Waals surface area contributed by atoms with E-state index in [2.05, 4.69) is 124 Å². The van der Waals surface area contributed by atoms with Gasteiger partial charge in [-0.1, -0.05) is 73.7 Å². The molecule has 0 aliphatic rings. The molecule has 4 heterocycles. The number of aryl methyl sites for hydroxylation is 5. The Kier molecular flexibility index (Phi) is 9.60. The summed E-state index contributed by atoms with van der Waals surface area (Å²) in [4.78, 5) is 9.23. The minimum Gasteiger partial charge on any atom is -0.500 e. The van der Waals surface area contributed by atoms with Crippen LogP contribution in [0.15, 0.2) is 101 Å². The summed E-state index contributed by atoms with van der Waals surface area (Å²) in [5.74, 6) is -0.783. The number of furan rings is 1. The third kappa shape index (κ3) is 6.64. The molecule has 0 bridgehead atoms. The van der Waals surface area contributed by atoms with Crippen molar-refractivity contribution >= 4 is 43.4 Å². The minimum atomic E-state index is -0.783. The third-order valence-corrected chi connectivity index (χ3v) is 9.98. The molecule has 0 saturated carbocycles. The summed E-state index contributed by atoms with van der Waals surface area (Å²) in [7, 11) is 0. The molecule has 247 valence electrons. The molecule has 3 nitrogen and oxygen atoms in total. The van der Waals surface area contributed by atoms with Gasteiger partial charge in [0.05, 0.1) is 5.58 Å². The van der Waals surface area contributed by atoms with Crippen molar-refractivity contribution in [2.24, 2.45) is 0 Å². The number of fused-ring (bicyclic) bond motifs is 5. The normalized spacial score (nSPS) is 11.7. The van der Waals surface area contributed by atoms with Gasteiger partial charge < -0.3 is 14.4 Å². The molecular formula is C44H38IrN2OS-2. The van der Waals surface area contributed by atoms with Crippen LogP contribution in [-0.2, 0) is 20.1 Å². The average molecular weight is 836 g/mol. The van der Waals surface area contributed by atoms with Crippen LogP contribution < -0.4 is 0 Å². The molecule has 0 atom stereocenters. The molecule has 0 aliphatic heterocycles. The van der Waals surface area contributed by atoms with Crippen molar-refractivity contribution in [3.05, 3.63) is 142 Å². The molecule has 0 aliphatic carbocycles. The van der Waals surface area contributed by atoms with Crippen molar-refractivity contribution in [1.82, 2.24) is 9.97 Å². The van der Waals surface area contributed by atoms with Crippen LogP contribution in [-0.4, -0.2) is 9.97 Å². The third-order valence-electron chi connectivity index (χ3n) is 9.10. The number of hydrogen-bond donors (Lipinski definition) is 0. The van der Waals surface area contributed by atoms with Crippen molar-refractivity contribution < 1.29 is 25.9 Å². The van der Waals surface area contributed by atoms with Crippen molar-refractivity contribution in [3.8, 4) is 33.6 Å². The maximum atomic E-state index is 8.78. The summed E-state index contributed by atoms with van der Waals surface area (Å²) < 4.78 is 16.5. The second kappa shape index (κ2) is 14.2. The summed E-state index contributed by atoms with van der Waals surface area (Å²) in [6, 6.07) is 33.8. The zero-order valence-corrected chi connectivity index (χ0v) is 32.0. The molecular weight excluding hydrogens is 797 g/mol. The topological polar surface area (TPSA) is 38.9 Å². The van der Waals surface area contributed by atoms with E-state index in [4.69, 9.17) is 10.8 Å². The maximum Gasteiger partial charge on any atom is 0.129 e. The molecule has 1 radical (unpaired) electrons. The molecule has 8 aromatic rings. The fourth-order valence-corrected chi connectivity index (χ4v) is 7.09. The molecule has 0 amide bonds. The summed E-state index contributed by atoms with van der Waals surface area (Å²) >= 11 is 1.72. The zero-order valence-electron chi connectivity index (χ0n) is 29.8. The Labute approximate surface area is 307 Å². The zero-order chi connectivity index (χ0) is 34.4. The second-order valence-electron chi connectivity index (χ2n) is 12.8. The molecule has 0 unspecified atom stereocenters. The van der Waals surface area contributed by atoms with E-state index in [1.807, 2.05) is 38.4 Å². The molecule has 0 N–H and O–H groups in total. The second-order valence-corrected chi connectivity index (χ2v) is 13.7. The van der Waals surface area contributed by atoms with Gasteiger partial charge in [0.1, 0.15) is 5.58 Å². The van der Waals surface area contributed by atoms with Gasteiger partial charge in [-0.15, -0.1) is 64.9 Å². The first-order valence-electron chi connectivity index (χ1n) is 16.7. The Morgan fingerprint density at radius 1 is 0.735 bits per heavy atom. The number of thiophene rings is 1. The van der Waals surface area contributed by atoms with Gasteiger partial charge in [-0.25, -0.2) is 0 Å². The van der Waals surface area contributed by atoms with Gasteiger partial charge in [-0.05, 0) is 95.9 Å². The van der Waals surface area contributed by atoms with Crippen LogP contribution in [0.3, 0.4) is 0 Å². The first-order chi connectivity index (χ1) is 23.5. The number of pyridine rings is 2. The molecule has 5 heteroatoms. The molecule has 4 aromatic carbocycles. The first-order valence-corrected chi connectivity index (χ1v) is 17.1. The van der Waals surface area contributed by atoms with E-state index in [1.165, 1.54) is 38.1 Å². The van der Waals surface area contributed by atoms with Crippen molar-refractivity contribution in [1.29, 1.82) is 0 Å². The van der Waals surface area contributed by atoms with E-state index in [9.17, 15) is 0 Å². The van der Waals surface area contributed by atoms with Crippen LogP contribution in [0.1, 0.15) is 54.5 Å². The number of nitrogens with zero attached hydrogens (tertiary/aromatic N) is 2. The van der Waals surface area contributed by atoms with E-state index < -0.39 is 5.89 Å². The van der Waals surface area contributed by atoms with Crippen LogP contribution >= 0.6 is 11.3 Å². The van der Waals surface area contributed by atoms with Crippen molar-refractivity contribution in [2.75, 3.05) is 0 Å². The number of rotatable bonds is 4. The molecule has 8 rings (SSSR count). The Morgan fingerprint density at radius 2 is 1.49 bits per heavy atom. The molecule has 4 aromatic heterocycles. The number of aromatic nitrogens is 2. The summed E-state index contributed by atoms with van der Waals surface area (Å²) in [5.41, 5.74) is 14.6. The Balaban J connectivity index is 0.000000227. The monoisotopic (exact) mass is 836 g/mol. The van der Waals surface area contributed by atoms with Gasteiger partial charge in [0.15, 0.2) is 0 Å². The predicted octanol–water partition coefficient (Wildman–Crippen LogP) is 12.5. The maximum absolute atomic E-state index is 8.78. The molecule has 0 fully saturated rings. The van der Waals surface area contributed by atoms with E-state index in [0.29, 0.717) is 0 Å². The summed E-state index contributed by atoms with van der Waals surface area (Å²) in [5, 5.41) is 5.41. The van der Waals surface area contributed by atoms with Gasteiger partial charge in [0.25, 0.3) is 0 Å². The van der Waals surface area contributed by atoms with E-state index in [1.54, 1.807) is 11.3 Å². The number of hydrogen-bond acceptors (Lipinski definition) is 4. The van der Waals surface area contributed by atoms with Gasteiger partial charge in [0, 0.05) is 49.3 Å². The van der Waals surface area contributed by atoms with Crippen LogP contribution in [0.5, 0.6) is 0 Å². The smallest absolute Gasteiger partial charge is 0.129 e. The largest absolute Gasteiger partial charge is 0.500 e. The average Bonchev–Trinajstić information content (AvgIpc) is 3.71. The summed E-state index contributed by atoms with van der Waals surface area (Å²) in [6.45, 7) is 14.3. The minimum absolute atomic E-state index is 0. The SMILES string of the molecule is Cc1c[c-]c(-c2cc(C)c(C)cn2)cc1.[2H]C(C)(C)c1cnc(-c2[c-]ccc3c2oc2c4ccsc4ccc32)cc1-c1c(C)cccc1C.[Ir].